The molecule has 1 aliphatic heterocycles. The number of carbonyl (C=O) groups is 2. The van der Waals surface area contributed by atoms with Gasteiger partial charge < -0.3 is 14.6 Å². The van der Waals surface area contributed by atoms with Crippen LogP contribution in [0.1, 0.15) is 12.8 Å². The third-order valence-corrected chi connectivity index (χ3v) is 2.95. The average Bonchev–Trinajstić information content (AvgIpc) is 2.52. The summed E-state index contributed by atoms with van der Waals surface area (Å²) in [6, 6.07) is 0. The molecule has 0 amide bonds. The van der Waals surface area contributed by atoms with Crippen molar-refractivity contribution in [2.24, 2.45) is 5.92 Å². The predicted molar refractivity (Wildman–Crippen MR) is 48.7 cm³/mol. The van der Waals surface area contributed by atoms with E-state index in [0.717, 1.165) is 13.5 Å². The van der Waals surface area contributed by atoms with E-state index in [4.69, 9.17) is 4.74 Å². The van der Waals surface area contributed by atoms with Gasteiger partial charge in [-0.25, -0.2) is 9.59 Å². The lowest BCUT2D eigenvalue weighted by atomic mass is 9.80. The van der Waals surface area contributed by atoms with Gasteiger partial charge in [0.05, 0.1) is 13.0 Å². The number of rotatable bonds is 1. The molecule has 0 aromatic heterocycles. The van der Waals surface area contributed by atoms with E-state index in [1.54, 1.807) is 6.08 Å². The molecule has 1 heterocycles. The second kappa shape index (κ2) is 3.34. The zero-order valence-corrected chi connectivity index (χ0v) is 8.30. The van der Waals surface area contributed by atoms with E-state index >= 15 is 0 Å². The molecule has 2 aliphatic rings. The summed E-state index contributed by atoms with van der Waals surface area (Å²) in [6.45, 7) is 0. The van der Waals surface area contributed by atoms with Gasteiger partial charge in [-0.2, -0.15) is 0 Å². The van der Waals surface area contributed by atoms with Crippen molar-refractivity contribution < 1.29 is 24.2 Å². The second-order valence-corrected chi connectivity index (χ2v) is 3.74. The van der Waals surface area contributed by atoms with Crippen LogP contribution in [0, 0.1) is 5.92 Å². The quantitative estimate of drug-likeness (QED) is 0.369. The maximum Gasteiger partial charge on any atom is 0.351 e. The molecule has 5 nitrogen and oxygen atoms in total. The van der Waals surface area contributed by atoms with Gasteiger partial charge >= 0.3 is 11.9 Å². The van der Waals surface area contributed by atoms with Crippen molar-refractivity contribution in [3.8, 4) is 0 Å². The lowest BCUT2D eigenvalue weighted by Crippen LogP contribution is -2.50. The van der Waals surface area contributed by atoms with Crippen LogP contribution >= 0.6 is 0 Å². The highest BCUT2D eigenvalue weighted by Crippen LogP contribution is 2.39. The fourth-order valence-electron chi connectivity index (χ4n) is 2.13. The summed E-state index contributed by atoms with van der Waals surface area (Å²) < 4.78 is 9.37. The predicted octanol–water partition coefficient (Wildman–Crippen LogP) is -0.218. The Morgan fingerprint density at radius 3 is 3.13 bits per heavy atom. The molecule has 0 unspecified atom stereocenters. The standard InChI is InChI=1S/C10H12O5/c1-14-8(11)10(13)6-4-2-3-5-7(6)15-9(10)12/h3,5-7,13H,2,4H2,1H3/t6-,7+,10-/m0/s1. The molecule has 0 aromatic carbocycles. The van der Waals surface area contributed by atoms with Crippen LogP contribution in [0.3, 0.4) is 0 Å². The van der Waals surface area contributed by atoms with E-state index in [0.29, 0.717) is 6.42 Å². The topological polar surface area (TPSA) is 72.8 Å². The molecular formula is C10H12O5. The number of methoxy groups -OCH3 is 1. The number of allylic oxidation sites excluding steroid dienone is 1. The van der Waals surface area contributed by atoms with Crippen LogP contribution in [-0.2, 0) is 19.1 Å². The molecule has 1 aliphatic carbocycles. The maximum absolute atomic E-state index is 11.5. The molecule has 0 spiro atoms. The van der Waals surface area contributed by atoms with E-state index in [-0.39, 0.29) is 0 Å². The van der Waals surface area contributed by atoms with Crippen molar-refractivity contribution in [3.63, 3.8) is 0 Å². The normalized spacial score (nSPS) is 38.4. The Kier molecular flexibility index (Phi) is 2.26. The molecule has 0 saturated carbocycles. The average molecular weight is 212 g/mol. The minimum atomic E-state index is -2.12. The maximum atomic E-state index is 11.5. The van der Waals surface area contributed by atoms with Gasteiger partial charge in [0.15, 0.2) is 0 Å². The molecule has 15 heavy (non-hydrogen) atoms. The third-order valence-electron chi connectivity index (χ3n) is 2.95. The Labute approximate surface area is 86.7 Å². The van der Waals surface area contributed by atoms with Crippen LogP contribution in [0.15, 0.2) is 12.2 Å². The van der Waals surface area contributed by atoms with Crippen molar-refractivity contribution in [2.45, 2.75) is 24.5 Å². The first-order chi connectivity index (χ1) is 7.10. The number of esters is 2. The monoisotopic (exact) mass is 212 g/mol. The molecule has 0 bridgehead atoms. The third kappa shape index (κ3) is 1.26. The molecule has 1 N–H and O–H groups in total. The minimum Gasteiger partial charge on any atom is -0.466 e. The Morgan fingerprint density at radius 1 is 1.73 bits per heavy atom. The van der Waals surface area contributed by atoms with Crippen molar-refractivity contribution in [1.29, 1.82) is 0 Å². The van der Waals surface area contributed by atoms with Gasteiger partial charge in [0, 0.05) is 0 Å². The van der Waals surface area contributed by atoms with Gasteiger partial charge in [0.1, 0.15) is 6.10 Å². The molecule has 0 radical (unpaired) electrons. The first-order valence-corrected chi connectivity index (χ1v) is 4.79. The Hall–Kier alpha value is -1.36. The van der Waals surface area contributed by atoms with E-state index in [1.807, 2.05) is 6.08 Å². The molecular weight excluding hydrogens is 200 g/mol. The van der Waals surface area contributed by atoms with Crippen molar-refractivity contribution >= 4 is 11.9 Å². The molecule has 1 saturated heterocycles. The molecule has 82 valence electrons. The minimum absolute atomic E-state index is 0.504. The highest BCUT2D eigenvalue weighted by molar-refractivity contribution is 6.05. The van der Waals surface area contributed by atoms with E-state index in [2.05, 4.69) is 4.74 Å². The van der Waals surface area contributed by atoms with Crippen LogP contribution < -0.4 is 0 Å². The summed E-state index contributed by atoms with van der Waals surface area (Å²) in [5, 5.41) is 10.0. The Morgan fingerprint density at radius 2 is 2.47 bits per heavy atom. The van der Waals surface area contributed by atoms with Crippen LogP contribution in [-0.4, -0.2) is 35.9 Å². The highest BCUT2D eigenvalue weighted by Gasteiger charge is 2.62. The fraction of sp³-hybridized carbons (Fsp3) is 0.600. The van der Waals surface area contributed by atoms with Crippen molar-refractivity contribution in [3.05, 3.63) is 12.2 Å². The highest BCUT2D eigenvalue weighted by atomic mass is 16.6. The van der Waals surface area contributed by atoms with E-state index in [9.17, 15) is 14.7 Å². The summed E-state index contributed by atoms with van der Waals surface area (Å²) >= 11 is 0. The van der Waals surface area contributed by atoms with Gasteiger partial charge in [-0.1, -0.05) is 6.08 Å². The first-order valence-electron chi connectivity index (χ1n) is 4.79. The van der Waals surface area contributed by atoms with Gasteiger partial charge in [-0.3, -0.25) is 0 Å². The molecule has 5 heteroatoms. The molecule has 0 aromatic rings. The number of ether oxygens (including phenoxy) is 2. The summed E-state index contributed by atoms with van der Waals surface area (Å²) in [7, 11) is 1.14. The number of aliphatic hydroxyl groups is 1. The van der Waals surface area contributed by atoms with Crippen molar-refractivity contribution in [1.82, 2.24) is 0 Å². The van der Waals surface area contributed by atoms with Crippen LogP contribution in [0.2, 0.25) is 0 Å². The van der Waals surface area contributed by atoms with Crippen LogP contribution in [0.25, 0.3) is 0 Å². The largest absolute Gasteiger partial charge is 0.466 e. The molecule has 1 fully saturated rings. The molecule has 2 rings (SSSR count). The lowest BCUT2D eigenvalue weighted by Gasteiger charge is -2.25. The van der Waals surface area contributed by atoms with E-state index in [1.165, 1.54) is 0 Å². The number of fused-ring (bicyclic) bond motifs is 1. The lowest BCUT2D eigenvalue weighted by molar-refractivity contribution is -0.175. The van der Waals surface area contributed by atoms with Gasteiger partial charge in [0.2, 0.25) is 0 Å². The van der Waals surface area contributed by atoms with Gasteiger partial charge in [-0.15, -0.1) is 0 Å². The van der Waals surface area contributed by atoms with Crippen molar-refractivity contribution in [2.75, 3.05) is 7.11 Å². The fourth-order valence-corrected chi connectivity index (χ4v) is 2.13. The zero-order chi connectivity index (χ0) is 11.1. The number of hydrogen-bond donors (Lipinski definition) is 1. The summed E-state index contributed by atoms with van der Waals surface area (Å²) in [4.78, 5) is 22.9. The smallest absolute Gasteiger partial charge is 0.351 e. The number of hydrogen-bond acceptors (Lipinski definition) is 5. The first kappa shape index (κ1) is 10.2. The SMILES string of the molecule is COC(=O)[C@]1(O)C(=O)O[C@@H]2C=CCC[C@@H]21. The number of carbonyl (C=O) groups excluding carboxylic acids is 2. The van der Waals surface area contributed by atoms with Gasteiger partial charge in [0.25, 0.3) is 5.60 Å². The van der Waals surface area contributed by atoms with Gasteiger partial charge in [-0.05, 0) is 18.9 Å². The molecule has 3 atom stereocenters. The van der Waals surface area contributed by atoms with Crippen LogP contribution in [0.5, 0.6) is 0 Å². The summed E-state index contributed by atoms with van der Waals surface area (Å²) in [6.07, 6.45) is 4.33. The van der Waals surface area contributed by atoms with Crippen LogP contribution in [0.4, 0.5) is 0 Å². The second-order valence-electron chi connectivity index (χ2n) is 3.74. The zero-order valence-electron chi connectivity index (χ0n) is 8.30. The van der Waals surface area contributed by atoms with E-state index < -0.39 is 29.6 Å². The summed E-state index contributed by atoms with van der Waals surface area (Å²) in [5.74, 6) is -2.37. The Balaban J connectivity index is 2.35. The summed E-state index contributed by atoms with van der Waals surface area (Å²) in [5.41, 5.74) is -2.12. The Bertz CT molecular complexity index is 335.